The molecule has 2 aromatic heterocycles. The summed E-state index contributed by atoms with van der Waals surface area (Å²) in [5.41, 5.74) is 2.33. The number of rotatable bonds is 2. The standard InChI is InChI=1S/C20H17NS/c1-13(2)15-6-5-7-17-16-10-9-14(12-19(16)22-20(15)17)18-8-3-4-11-21-18/h3-13H,1-2H3/i3D,4D,8D,11D. The van der Waals surface area contributed by atoms with Gasteiger partial charge >= 0.3 is 0 Å². The van der Waals surface area contributed by atoms with Crippen molar-refractivity contribution in [2.75, 3.05) is 0 Å². The van der Waals surface area contributed by atoms with Gasteiger partial charge in [0.1, 0.15) is 0 Å². The van der Waals surface area contributed by atoms with Crippen molar-refractivity contribution in [1.29, 1.82) is 0 Å². The zero-order valence-electron chi connectivity index (χ0n) is 16.4. The molecular weight excluding hydrogens is 286 g/mol. The van der Waals surface area contributed by atoms with Crippen LogP contribution in [0.4, 0.5) is 0 Å². The first kappa shape index (κ1) is 9.75. The van der Waals surface area contributed by atoms with Gasteiger partial charge in [0.2, 0.25) is 0 Å². The first-order valence-electron chi connectivity index (χ1n) is 9.28. The number of hydrogen-bond acceptors (Lipinski definition) is 2. The molecule has 22 heavy (non-hydrogen) atoms. The molecule has 4 aromatic rings. The topological polar surface area (TPSA) is 12.9 Å². The van der Waals surface area contributed by atoms with E-state index < -0.39 is 0 Å². The Morgan fingerprint density at radius 1 is 1.09 bits per heavy atom. The second-order valence-corrected chi connectivity index (χ2v) is 6.69. The first-order chi connectivity index (χ1) is 12.4. The van der Waals surface area contributed by atoms with Gasteiger partial charge in [-0.15, -0.1) is 11.3 Å². The molecule has 108 valence electrons. The van der Waals surface area contributed by atoms with Crippen molar-refractivity contribution in [3.8, 4) is 11.3 Å². The molecule has 0 amide bonds. The Kier molecular flexibility index (Phi) is 2.31. The molecule has 0 radical (unpaired) electrons. The molecule has 0 spiro atoms. The molecule has 0 atom stereocenters. The molecule has 4 rings (SSSR count). The van der Waals surface area contributed by atoms with Gasteiger partial charge in [-0.1, -0.05) is 50.2 Å². The maximum Gasteiger partial charge on any atom is 0.0840 e. The van der Waals surface area contributed by atoms with Crippen LogP contribution in [0.25, 0.3) is 31.4 Å². The van der Waals surface area contributed by atoms with Gasteiger partial charge in [0.25, 0.3) is 0 Å². The fraction of sp³-hybridized carbons (Fsp3) is 0.150. The van der Waals surface area contributed by atoms with Crippen molar-refractivity contribution >= 4 is 31.5 Å². The predicted octanol–water partition coefficient (Wildman–Crippen LogP) is 6.24. The van der Waals surface area contributed by atoms with Crippen molar-refractivity contribution in [1.82, 2.24) is 4.98 Å². The number of nitrogens with zero attached hydrogens (tertiary/aromatic N) is 1. The van der Waals surface area contributed by atoms with Gasteiger partial charge in [-0.25, -0.2) is 0 Å². The molecule has 2 heteroatoms. The maximum absolute atomic E-state index is 8.13. The molecule has 0 aliphatic carbocycles. The number of aromatic nitrogens is 1. The highest BCUT2D eigenvalue weighted by atomic mass is 32.1. The fourth-order valence-corrected chi connectivity index (χ4v) is 4.19. The average Bonchev–Trinajstić information content (AvgIpc) is 3.00. The van der Waals surface area contributed by atoms with Gasteiger partial charge in [0.05, 0.1) is 11.2 Å². The van der Waals surface area contributed by atoms with Crippen molar-refractivity contribution in [2.45, 2.75) is 19.8 Å². The van der Waals surface area contributed by atoms with E-state index in [9.17, 15) is 0 Å². The third kappa shape index (κ3) is 2.11. The lowest BCUT2D eigenvalue weighted by Crippen LogP contribution is -1.85. The molecule has 0 aliphatic heterocycles. The van der Waals surface area contributed by atoms with Crippen LogP contribution in [0.3, 0.4) is 0 Å². The highest BCUT2D eigenvalue weighted by molar-refractivity contribution is 7.26. The summed E-state index contributed by atoms with van der Waals surface area (Å²) in [6, 6.07) is 11.6. The third-order valence-corrected chi connectivity index (χ3v) is 5.11. The summed E-state index contributed by atoms with van der Waals surface area (Å²) in [5.74, 6) is 0.439. The normalized spacial score (nSPS) is 14.1. The molecular formula is C20H17NS. The Morgan fingerprint density at radius 3 is 2.86 bits per heavy atom. The van der Waals surface area contributed by atoms with E-state index in [1.807, 2.05) is 18.2 Å². The van der Waals surface area contributed by atoms with Crippen LogP contribution >= 0.6 is 11.3 Å². The average molecular weight is 307 g/mol. The minimum absolute atomic E-state index is 0.102. The lowest BCUT2D eigenvalue weighted by molar-refractivity contribution is 0.878. The van der Waals surface area contributed by atoms with E-state index >= 15 is 0 Å². The summed E-state index contributed by atoms with van der Waals surface area (Å²) in [6.07, 6.45) is -0.264. The molecule has 0 saturated heterocycles. The van der Waals surface area contributed by atoms with Gasteiger partial charge in [0.15, 0.2) is 0 Å². The van der Waals surface area contributed by atoms with E-state index in [2.05, 4.69) is 37.0 Å². The Balaban J connectivity index is 1.97. The van der Waals surface area contributed by atoms with Crippen molar-refractivity contribution in [2.24, 2.45) is 0 Å². The van der Waals surface area contributed by atoms with E-state index in [1.165, 1.54) is 15.6 Å². The van der Waals surface area contributed by atoms with Crippen LogP contribution in [0.5, 0.6) is 0 Å². The van der Waals surface area contributed by atoms with Crippen LogP contribution < -0.4 is 0 Å². The molecule has 0 unspecified atom stereocenters. The van der Waals surface area contributed by atoms with Gasteiger partial charge in [0, 0.05) is 31.9 Å². The Morgan fingerprint density at radius 2 is 2.00 bits per heavy atom. The Labute approximate surface area is 139 Å². The number of thiophene rings is 1. The number of fused-ring (bicyclic) bond motifs is 3. The van der Waals surface area contributed by atoms with Crippen molar-refractivity contribution < 1.29 is 5.48 Å². The predicted molar refractivity (Wildman–Crippen MR) is 96.7 cm³/mol. The SMILES string of the molecule is [2H]c1nc(-c2ccc3c(c2)sc2c(C(C)C)cccc23)c([2H])c([2H])c1[2H]. The van der Waals surface area contributed by atoms with E-state index in [-0.39, 0.29) is 24.3 Å². The number of hydrogen-bond donors (Lipinski definition) is 0. The maximum atomic E-state index is 8.13. The van der Waals surface area contributed by atoms with Crippen LogP contribution in [0.2, 0.25) is 0 Å². The van der Waals surface area contributed by atoms with E-state index in [1.54, 1.807) is 11.3 Å². The second-order valence-electron chi connectivity index (χ2n) is 5.64. The summed E-state index contributed by atoms with van der Waals surface area (Å²) in [6.45, 7) is 4.38. The van der Waals surface area contributed by atoms with Crippen LogP contribution in [0.1, 0.15) is 30.8 Å². The molecule has 1 nitrogen and oxygen atoms in total. The molecule has 0 N–H and O–H groups in total. The fourth-order valence-electron chi connectivity index (χ4n) is 2.79. The number of benzene rings is 2. The summed E-state index contributed by atoms with van der Waals surface area (Å²) in [5, 5.41) is 2.39. The van der Waals surface area contributed by atoms with Gasteiger partial charge in [-0.3, -0.25) is 4.98 Å². The highest BCUT2D eigenvalue weighted by Crippen LogP contribution is 2.39. The highest BCUT2D eigenvalue weighted by Gasteiger charge is 2.11. The van der Waals surface area contributed by atoms with E-state index in [0.29, 0.717) is 17.2 Å². The van der Waals surface area contributed by atoms with E-state index in [4.69, 9.17) is 5.48 Å². The molecule has 0 saturated carbocycles. The van der Waals surface area contributed by atoms with Crippen LogP contribution in [0.15, 0.2) is 60.7 Å². The van der Waals surface area contributed by atoms with Crippen molar-refractivity contribution in [3.05, 3.63) is 66.3 Å². The van der Waals surface area contributed by atoms with Crippen LogP contribution in [-0.2, 0) is 0 Å². The second kappa shape index (κ2) is 5.22. The zero-order valence-corrected chi connectivity index (χ0v) is 13.2. The minimum Gasteiger partial charge on any atom is -0.256 e. The summed E-state index contributed by atoms with van der Waals surface area (Å²) < 4.78 is 33.8. The van der Waals surface area contributed by atoms with Gasteiger partial charge in [-0.05, 0) is 29.6 Å². The smallest absolute Gasteiger partial charge is 0.0840 e. The minimum atomic E-state index is -0.303. The monoisotopic (exact) mass is 307 g/mol. The molecule has 2 aromatic carbocycles. The largest absolute Gasteiger partial charge is 0.256 e. The summed E-state index contributed by atoms with van der Waals surface area (Å²) >= 11 is 1.72. The lowest BCUT2D eigenvalue weighted by atomic mass is 10.0. The number of pyridine rings is 1. The molecule has 0 fully saturated rings. The lowest BCUT2D eigenvalue weighted by Gasteiger charge is -2.05. The van der Waals surface area contributed by atoms with Crippen molar-refractivity contribution in [3.63, 3.8) is 0 Å². The first-order valence-corrected chi connectivity index (χ1v) is 8.10. The van der Waals surface area contributed by atoms with Gasteiger partial charge < -0.3 is 0 Å². The zero-order chi connectivity index (χ0) is 18.6. The van der Waals surface area contributed by atoms with E-state index in [0.717, 1.165) is 10.1 Å². The summed E-state index contributed by atoms with van der Waals surface area (Å²) in [7, 11) is 0. The van der Waals surface area contributed by atoms with Crippen LogP contribution in [0, 0.1) is 0 Å². The Bertz CT molecular complexity index is 1160. The van der Waals surface area contributed by atoms with Crippen LogP contribution in [-0.4, -0.2) is 4.98 Å². The van der Waals surface area contributed by atoms with Gasteiger partial charge in [-0.2, -0.15) is 0 Å². The quantitative estimate of drug-likeness (QED) is 0.427. The Hall–Kier alpha value is -2.19. The summed E-state index contributed by atoms with van der Waals surface area (Å²) in [4.78, 5) is 4.09. The molecule has 0 aliphatic rings. The molecule has 0 bridgehead atoms. The molecule has 2 heterocycles. The third-order valence-electron chi connectivity index (χ3n) is 3.89.